The van der Waals surface area contributed by atoms with Crippen molar-refractivity contribution in [1.82, 2.24) is 30.4 Å². The standard InChI is InChI=1S/2C15H11ClN4O/c2*16-11-6-10(7-12(21)8-11)14-13(18-15(17)20-19-14)9-4-2-1-3-5-9/h2*1-8,21H,(H2,17,18,20). The number of anilines is 2. The van der Waals surface area contributed by atoms with Crippen molar-refractivity contribution in [3.8, 4) is 56.5 Å². The van der Waals surface area contributed by atoms with Crippen LogP contribution in [0.2, 0.25) is 10.0 Å². The number of benzene rings is 4. The highest BCUT2D eigenvalue weighted by Crippen LogP contribution is 2.34. The van der Waals surface area contributed by atoms with Crippen LogP contribution in [0.4, 0.5) is 11.9 Å². The summed E-state index contributed by atoms with van der Waals surface area (Å²) in [5.74, 6) is 0.276. The topological polar surface area (TPSA) is 170 Å². The third-order valence-corrected chi connectivity index (χ3v) is 6.25. The molecular weight excluding hydrogens is 575 g/mol. The molecule has 0 radical (unpaired) electrons. The highest BCUT2D eigenvalue weighted by atomic mass is 35.5. The van der Waals surface area contributed by atoms with Gasteiger partial charge in [0.2, 0.25) is 11.9 Å². The van der Waals surface area contributed by atoms with Gasteiger partial charge in [0.15, 0.2) is 0 Å². The largest absolute Gasteiger partial charge is 0.508 e. The maximum absolute atomic E-state index is 9.69. The highest BCUT2D eigenvalue weighted by molar-refractivity contribution is 6.31. The molecule has 0 atom stereocenters. The molecular formula is C30H22Cl2N8O2. The predicted molar refractivity (Wildman–Crippen MR) is 164 cm³/mol. The van der Waals surface area contributed by atoms with Gasteiger partial charge < -0.3 is 21.7 Å². The van der Waals surface area contributed by atoms with Gasteiger partial charge in [-0.1, -0.05) is 83.9 Å². The molecule has 6 aromatic rings. The maximum atomic E-state index is 9.69. The van der Waals surface area contributed by atoms with E-state index in [1.165, 1.54) is 12.1 Å². The summed E-state index contributed by atoms with van der Waals surface area (Å²) in [6.45, 7) is 0. The van der Waals surface area contributed by atoms with Gasteiger partial charge in [0.1, 0.15) is 34.3 Å². The molecule has 2 aromatic heterocycles. The lowest BCUT2D eigenvalue weighted by Gasteiger charge is -2.08. The molecule has 4 aromatic carbocycles. The third kappa shape index (κ3) is 6.69. The Morgan fingerprint density at radius 3 is 1.19 bits per heavy atom. The van der Waals surface area contributed by atoms with Crippen LogP contribution >= 0.6 is 23.2 Å². The van der Waals surface area contributed by atoms with Crippen molar-refractivity contribution in [2.45, 2.75) is 0 Å². The van der Waals surface area contributed by atoms with Gasteiger partial charge in [-0.05, 0) is 36.4 Å². The number of halogens is 2. The van der Waals surface area contributed by atoms with Gasteiger partial charge in [0.25, 0.3) is 0 Å². The first kappa shape index (κ1) is 28.2. The molecule has 0 spiro atoms. The van der Waals surface area contributed by atoms with Crippen molar-refractivity contribution in [2.24, 2.45) is 0 Å². The minimum atomic E-state index is 0.0511. The number of nitrogens with two attached hydrogens (primary N) is 2. The Bertz CT molecular complexity index is 1680. The van der Waals surface area contributed by atoms with E-state index >= 15 is 0 Å². The molecule has 6 rings (SSSR count). The molecule has 0 bridgehead atoms. The van der Waals surface area contributed by atoms with Crippen LogP contribution in [0.25, 0.3) is 45.0 Å². The van der Waals surface area contributed by atoms with Crippen molar-refractivity contribution < 1.29 is 10.2 Å². The Morgan fingerprint density at radius 1 is 0.452 bits per heavy atom. The van der Waals surface area contributed by atoms with E-state index in [0.717, 1.165) is 11.1 Å². The van der Waals surface area contributed by atoms with Crippen LogP contribution in [0.3, 0.4) is 0 Å². The Morgan fingerprint density at radius 2 is 0.833 bits per heavy atom. The van der Waals surface area contributed by atoms with Gasteiger partial charge in [-0.25, -0.2) is 9.97 Å². The molecule has 42 heavy (non-hydrogen) atoms. The summed E-state index contributed by atoms with van der Waals surface area (Å²) in [5.41, 5.74) is 16.4. The van der Waals surface area contributed by atoms with Crippen LogP contribution in [0.15, 0.2) is 97.1 Å². The highest BCUT2D eigenvalue weighted by Gasteiger charge is 2.15. The Balaban J connectivity index is 0.000000168. The summed E-state index contributed by atoms with van der Waals surface area (Å²) in [6.07, 6.45) is 0. The van der Waals surface area contributed by atoms with Crippen LogP contribution in [0.1, 0.15) is 0 Å². The number of nitrogens with zero attached hydrogens (tertiary/aromatic N) is 6. The van der Waals surface area contributed by atoms with Crippen molar-refractivity contribution in [2.75, 3.05) is 11.5 Å². The molecule has 0 aliphatic rings. The summed E-state index contributed by atoms with van der Waals surface area (Å²) in [6, 6.07) is 28.4. The van der Waals surface area contributed by atoms with Crippen molar-refractivity contribution in [3.05, 3.63) is 107 Å². The fraction of sp³-hybridized carbons (Fsp3) is 0. The van der Waals surface area contributed by atoms with Gasteiger partial charge >= 0.3 is 0 Å². The fourth-order valence-electron chi connectivity index (χ4n) is 4.08. The van der Waals surface area contributed by atoms with Crippen LogP contribution in [-0.2, 0) is 0 Å². The van der Waals surface area contributed by atoms with Crippen molar-refractivity contribution >= 4 is 35.1 Å². The third-order valence-electron chi connectivity index (χ3n) is 5.81. The summed E-state index contributed by atoms with van der Waals surface area (Å²) in [4.78, 5) is 8.52. The van der Waals surface area contributed by atoms with Gasteiger partial charge in [0, 0.05) is 32.3 Å². The minimum Gasteiger partial charge on any atom is -0.508 e. The number of nitrogen functional groups attached to an aromatic ring is 2. The first-order valence-corrected chi connectivity index (χ1v) is 13.1. The van der Waals surface area contributed by atoms with Crippen molar-refractivity contribution in [1.29, 1.82) is 0 Å². The first-order valence-electron chi connectivity index (χ1n) is 12.4. The summed E-state index contributed by atoms with van der Waals surface area (Å²) in [5, 5.41) is 36.0. The minimum absolute atomic E-state index is 0.0511. The first-order chi connectivity index (χ1) is 20.3. The second-order valence-electron chi connectivity index (χ2n) is 8.86. The van der Waals surface area contributed by atoms with Crippen LogP contribution < -0.4 is 11.5 Å². The molecule has 0 saturated heterocycles. The summed E-state index contributed by atoms with van der Waals surface area (Å²) in [7, 11) is 0. The normalized spacial score (nSPS) is 10.5. The van der Waals surface area contributed by atoms with E-state index in [4.69, 9.17) is 34.7 Å². The van der Waals surface area contributed by atoms with Crippen molar-refractivity contribution in [3.63, 3.8) is 0 Å². The summed E-state index contributed by atoms with van der Waals surface area (Å²) >= 11 is 12.0. The molecule has 208 valence electrons. The second-order valence-corrected chi connectivity index (χ2v) is 9.74. The molecule has 12 heteroatoms. The Kier molecular flexibility index (Phi) is 8.37. The number of phenolic OH excluding ortho intramolecular Hbond substituents is 2. The predicted octanol–water partition coefficient (Wildman–Crippen LogP) is 6.29. The second kappa shape index (κ2) is 12.5. The molecule has 0 fully saturated rings. The lowest BCUT2D eigenvalue weighted by molar-refractivity contribution is 0.475. The number of aromatic hydroxyl groups is 2. The van der Waals surface area contributed by atoms with Gasteiger partial charge in [0.05, 0.1) is 0 Å². The number of rotatable bonds is 4. The average molecular weight is 597 g/mol. The van der Waals surface area contributed by atoms with Gasteiger partial charge in [-0.15, -0.1) is 20.4 Å². The quantitative estimate of drug-likeness (QED) is 0.181. The smallest absolute Gasteiger partial charge is 0.240 e. The molecule has 0 unspecified atom stereocenters. The zero-order valence-electron chi connectivity index (χ0n) is 21.7. The van der Waals surface area contributed by atoms with E-state index in [1.54, 1.807) is 24.3 Å². The molecule has 10 nitrogen and oxygen atoms in total. The number of hydrogen-bond donors (Lipinski definition) is 4. The molecule has 0 aliphatic carbocycles. The Labute approximate surface area is 250 Å². The van der Waals surface area contributed by atoms with E-state index in [0.29, 0.717) is 43.9 Å². The van der Waals surface area contributed by atoms with E-state index < -0.39 is 0 Å². The number of aromatic nitrogens is 6. The van der Waals surface area contributed by atoms with Crippen LogP contribution in [0.5, 0.6) is 11.5 Å². The molecule has 0 aliphatic heterocycles. The monoisotopic (exact) mass is 596 g/mol. The molecule has 2 heterocycles. The maximum Gasteiger partial charge on any atom is 0.240 e. The van der Waals surface area contributed by atoms with E-state index in [2.05, 4.69) is 30.4 Å². The van der Waals surface area contributed by atoms with E-state index in [-0.39, 0.29) is 23.4 Å². The Hall–Kier alpha value is -5.32. The molecule has 6 N–H and O–H groups in total. The van der Waals surface area contributed by atoms with Gasteiger partial charge in [-0.3, -0.25) is 0 Å². The number of hydrogen-bond acceptors (Lipinski definition) is 10. The molecule has 0 amide bonds. The average Bonchev–Trinajstić information content (AvgIpc) is 2.97. The van der Waals surface area contributed by atoms with Crippen LogP contribution in [-0.4, -0.2) is 40.6 Å². The lowest BCUT2D eigenvalue weighted by atomic mass is 10.0. The zero-order valence-corrected chi connectivity index (χ0v) is 23.2. The lowest BCUT2D eigenvalue weighted by Crippen LogP contribution is -2.02. The SMILES string of the molecule is Nc1nnc(-c2cc(O)cc(Cl)c2)c(-c2ccccc2)n1.Nc1nnc(-c2cc(O)cc(Cl)c2)c(-c2ccccc2)n1. The summed E-state index contributed by atoms with van der Waals surface area (Å²) < 4.78 is 0. The number of phenols is 2. The zero-order chi connectivity index (χ0) is 29.6. The fourth-order valence-corrected chi connectivity index (χ4v) is 4.54. The van der Waals surface area contributed by atoms with Gasteiger partial charge in [-0.2, -0.15) is 0 Å². The van der Waals surface area contributed by atoms with Crippen LogP contribution in [0, 0.1) is 0 Å². The molecule has 0 saturated carbocycles. The van der Waals surface area contributed by atoms with E-state index in [1.807, 2.05) is 60.7 Å². The van der Waals surface area contributed by atoms with E-state index in [9.17, 15) is 10.2 Å².